The molecule has 1 atom stereocenters. The number of hydrogen-bond donors (Lipinski definition) is 2. The molecule has 0 aromatic heterocycles. The summed E-state index contributed by atoms with van der Waals surface area (Å²) in [6.45, 7) is 2.97. The largest absolute Gasteiger partial charge is 0.394 e. The average Bonchev–Trinajstić information content (AvgIpc) is 2.72. The number of anilines is 1. The molecular formula is C21H24N2O3. The van der Waals surface area contributed by atoms with Gasteiger partial charge in [0.1, 0.15) is 0 Å². The number of aliphatic hydroxyl groups is 1. The molecule has 1 heterocycles. The first-order valence-corrected chi connectivity index (χ1v) is 8.83. The molecule has 0 spiro atoms. The van der Waals surface area contributed by atoms with Crippen molar-refractivity contribution in [2.24, 2.45) is 0 Å². The third-order valence-corrected chi connectivity index (χ3v) is 4.37. The smallest absolute Gasteiger partial charge is 0.244 e. The summed E-state index contributed by atoms with van der Waals surface area (Å²) in [5.74, 6) is -0.232. The Morgan fingerprint density at radius 1 is 1.15 bits per heavy atom. The van der Waals surface area contributed by atoms with Gasteiger partial charge >= 0.3 is 0 Å². The molecular weight excluding hydrogens is 328 g/mol. The van der Waals surface area contributed by atoms with Crippen LogP contribution in [0.25, 0.3) is 6.08 Å². The van der Waals surface area contributed by atoms with Gasteiger partial charge in [-0.3, -0.25) is 4.79 Å². The summed E-state index contributed by atoms with van der Waals surface area (Å²) in [6.07, 6.45) is 3.25. The van der Waals surface area contributed by atoms with Crippen LogP contribution in [-0.4, -0.2) is 43.9 Å². The molecule has 1 amide bonds. The lowest BCUT2D eigenvalue weighted by Crippen LogP contribution is -2.36. The van der Waals surface area contributed by atoms with Gasteiger partial charge in [-0.2, -0.15) is 0 Å². The van der Waals surface area contributed by atoms with Gasteiger partial charge in [0, 0.05) is 24.9 Å². The van der Waals surface area contributed by atoms with Gasteiger partial charge in [-0.25, -0.2) is 0 Å². The van der Waals surface area contributed by atoms with Crippen LogP contribution in [0.4, 0.5) is 5.69 Å². The summed E-state index contributed by atoms with van der Waals surface area (Å²) in [6, 6.07) is 17.1. The van der Waals surface area contributed by atoms with E-state index in [-0.39, 0.29) is 12.5 Å². The highest BCUT2D eigenvalue weighted by Crippen LogP contribution is 2.21. The Morgan fingerprint density at radius 2 is 1.92 bits per heavy atom. The van der Waals surface area contributed by atoms with Crippen molar-refractivity contribution in [2.45, 2.75) is 6.04 Å². The normalized spacial score (nSPS) is 15.8. The molecule has 2 N–H and O–H groups in total. The monoisotopic (exact) mass is 352 g/mol. The number of hydrogen-bond acceptors (Lipinski definition) is 4. The van der Waals surface area contributed by atoms with Crippen LogP contribution < -0.4 is 10.2 Å². The Balaban J connectivity index is 1.66. The highest BCUT2D eigenvalue weighted by atomic mass is 16.5. The van der Waals surface area contributed by atoms with Crippen LogP contribution >= 0.6 is 0 Å². The topological polar surface area (TPSA) is 61.8 Å². The number of carbonyl (C=O) groups is 1. The number of ether oxygens (including phenoxy) is 1. The lowest BCUT2D eigenvalue weighted by atomic mass is 10.1. The van der Waals surface area contributed by atoms with E-state index in [0.29, 0.717) is 13.2 Å². The SMILES string of the molecule is O=C(C=Cc1ccccc1)N[C@@H](CO)c1cccc(N2CCOCC2)c1. The molecule has 1 aliphatic heterocycles. The number of nitrogens with zero attached hydrogens (tertiary/aromatic N) is 1. The van der Waals surface area contributed by atoms with Gasteiger partial charge < -0.3 is 20.1 Å². The van der Waals surface area contributed by atoms with Crippen LogP contribution in [0.3, 0.4) is 0 Å². The minimum absolute atomic E-state index is 0.155. The molecule has 0 aliphatic carbocycles. The Morgan fingerprint density at radius 3 is 2.65 bits per heavy atom. The molecule has 2 aromatic rings. The molecule has 1 saturated heterocycles. The van der Waals surface area contributed by atoms with Crippen molar-refractivity contribution in [3.63, 3.8) is 0 Å². The Labute approximate surface area is 153 Å². The molecule has 0 unspecified atom stereocenters. The second-order valence-electron chi connectivity index (χ2n) is 6.18. The predicted octanol–water partition coefficient (Wildman–Crippen LogP) is 2.39. The Bertz CT molecular complexity index is 740. The molecule has 0 saturated carbocycles. The lowest BCUT2D eigenvalue weighted by Gasteiger charge is -2.29. The van der Waals surface area contributed by atoms with Gasteiger partial charge in [-0.05, 0) is 29.3 Å². The number of benzene rings is 2. The van der Waals surface area contributed by atoms with Crippen molar-refractivity contribution < 1.29 is 14.6 Å². The lowest BCUT2D eigenvalue weighted by molar-refractivity contribution is -0.117. The third kappa shape index (κ3) is 4.94. The quantitative estimate of drug-likeness (QED) is 0.784. The molecule has 2 aromatic carbocycles. The molecule has 1 fully saturated rings. The van der Waals surface area contributed by atoms with Crippen LogP contribution in [0.15, 0.2) is 60.7 Å². The van der Waals surface area contributed by atoms with Crippen molar-refractivity contribution in [1.82, 2.24) is 5.32 Å². The Hall–Kier alpha value is -2.63. The van der Waals surface area contributed by atoms with Gasteiger partial charge in [0.2, 0.25) is 5.91 Å². The summed E-state index contributed by atoms with van der Waals surface area (Å²) in [7, 11) is 0. The zero-order valence-electron chi connectivity index (χ0n) is 14.7. The first-order valence-electron chi connectivity index (χ1n) is 8.83. The number of morpholine rings is 1. The van der Waals surface area contributed by atoms with E-state index in [4.69, 9.17) is 4.74 Å². The minimum Gasteiger partial charge on any atom is -0.394 e. The van der Waals surface area contributed by atoms with Crippen molar-refractivity contribution in [2.75, 3.05) is 37.8 Å². The fourth-order valence-corrected chi connectivity index (χ4v) is 2.95. The van der Waals surface area contributed by atoms with Gasteiger partial charge in [-0.1, -0.05) is 42.5 Å². The van der Waals surface area contributed by atoms with E-state index >= 15 is 0 Å². The number of aliphatic hydroxyl groups excluding tert-OH is 1. The summed E-state index contributed by atoms with van der Waals surface area (Å²) >= 11 is 0. The second kappa shape index (κ2) is 9.17. The van der Waals surface area contributed by atoms with Crippen LogP contribution in [0.2, 0.25) is 0 Å². The maximum absolute atomic E-state index is 12.2. The van der Waals surface area contributed by atoms with Crippen molar-refractivity contribution in [3.8, 4) is 0 Å². The molecule has 26 heavy (non-hydrogen) atoms. The van der Waals surface area contributed by atoms with Crippen LogP contribution in [0.1, 0.15) is 17.2 Å². The molecule has 1 aliphatic rings. The van der Waals surface area contributed by atoms with E-state index in [0.717, 1.165) is 29.9 Å². The molecule has 0 radical (unpaired) electrons. The van der Waals surface area contributed by atoms with Crippen molar-refractivity contribution in [1.29, 1.82) is 0 Å². The molecule has 0 bridgehead atoms. The summed E-state index contributed by atoms with van der Waals surface area (Å²) in [4.78, 5) is 14.5. The Kier molecular flexibility index (Phi) is 6.41. The number of carbonyl (C=O) groups excluding carboxylic acids is 1. The molecule has 5 nitrogen and oxygen atoms in total. The predicted molar refractivity (Wildman–Crippen MR) is 103 cm³/mol. The zero-order chi connectivity index (χ0) is 18.2. The average molecular weight is 352 g/mol. The van der Waals surface area contributed by atoms with E-state index in [9.17, 15) is 9.90 Å². The van der Waals surface area contributed by atoms with Crippen molar-refractivity contribution >= 4 is 17.7 Å². The first kappa shape index (κ1) is 18.2. The molecule has 5 heteroatoms. The van der Waals surface area contributed by atoms with E-state index in [1.54, 1.807) is 6.08 Å². The maximum Gasteiger partial charge on any atom is 0.244 e. The van der Waals surface area contributed by atoms with E-state index < -0.39 is 6.04 Å². The van der Waals surface area contributed by atoms with Crippen LogP contribution in [0.5, 0.6) is 0 Å². The summed E-state index contributed by atoms with van der Waals surface area (Å²) in [5.41, 5.74) is 2.92. The van der Waals surface area contributed by atoms with E-state index in [1.807, 2.05) is 54.6 Å². The summed E-state index contributed by atoms with van der Waals surface area (Å²) in [5, 5.41) is 12.6. The van der Waals surface area contributed by atoms with Gasteiger partial charge in [0.25, 0.3) is 0 Å². The fraction of sp³-hybridized carbons (Fsp3) is 0.286. The fourth-order valence-electron chi connectivity index (χ4n) is 2.95. The maximum atomic E-state index is 12.2. The second-order valence-corrected chi connectivity index (χ2v) is 6.18. The van der Waals surface area contributed by atoms with Gasteiger partial charge in [-0.15, -0.1) is 0 Å². The van der Waals surface area contributed by atoms with Crippen molar-refractivity contribution in [3.05, 3.63) is 71.8 Å². The third-order valence-electron chi connectivity index (χ3n) is 4.37. The number of amides is 1. The first-order chi connectivity index (χ1) is 12.8. The highest BCUT2D eigenvalue weighted by molar-refractivity contribution is 5.92. The van der Waals surface area contributed by atoms with Crippen LogP contribution in [-0.2, 0) is 9.53 Å². The standard InChI is InChI=1S/C21H24N2O3/c24-16-20(22-21(25)10-9-17-5-2-1-3-6-17)18-7-4-8-19(15-18)23-11-13-26-14-12-23/h1-10,15,20,24H,11-14,16H2,(H,22,25)/t20-/m0/s1. The van der Waals surface area contributed by atoms with E-state index in [2.05, 4.69) is 10.2 Å². The number of nitrogens with one attached hydrogen (secondary N) is 1. The number of rotatable bonds is 6. The summed E-state index contributed by atoms with van der Waals surface area (Å²) < 4.78 is 5.39. The highest BCUT2D eigenvalue weighted by Gasteiger charge is 2.16. The zero-order valence-corrected chi connectivity index (χ0v) is 14.7. The molecule has 3 rings (SSSR count). The van der Waals surface area contributed by atoms with Gasteiger partial charge in [0.15, 0.2) is 0 Å². The van der Waals surface area contributed by atoms with Crippen LogP contribution in [0, 0.1) is 0 Å². The van der Waals surface area contributed by atoms with Gasteiger partial charge in [0.05, 0.1) is 25.9 Å². The minimum atomic E-state index is -0.441. The molecule has 136 valence electrons. The van der Waals surface area contributed by atoms with E-state index in [1.165, 1.54) is 6.08 Å².